The quantitative estimate of drug-likeness (QED) is 0.0512. The highest BCUT2D eigenvalue weighted by atomic mass is 32.2. The van der Waals surface area contributed by atoms with Crippen LogP contribution in [0, 0.1) is 20.2 Å². The summed E-state index contributed by atoms with van der Waals surface area (Å²) in [7, 11) is 2.39. The van der Waals surface area contributed by atoms with E-state index in [1.807, 2.05) is 52.0 Å². The van der Waals surface area contributed by atoms with Gasteiger partial charge in [-0.25, -0.2) is 9.59 Å². The maximum atomic E-state index is 13.8. The Hall–Kier alpha value is -7.67. The van der Waals surface area contributed by atoms with Gasteiger partial charge in [-0.1, -0.05) is 100 Å². The first-order chi connectivity index (χ1) is 33.8. The number of rotatable bonds is 14. The molecule has 2 atom stereocenters. The van der Waals surface area contributed by atoms with Gasteiger partial charge in [0.05, 0.1) is 58.1 Å². The van der Waals surface area contributed by atoms with E-state index in [-0.39, 0.29) is 95.2 Å². The van der Waals surface area contributed by atoms with Gasteiger partial charge in [-0.2, -0.15) is 0 Å². The van der Waals surface area contributed by atoms with E-state index in [2.05, 4.69) is 0 Å². The van der Waals surface area contributed by atoms with Crippen molar-refractivity contribution in [2.24, 2.45) is 0 Å². The highest BCUT2D eigenvalue weighted by Gasteiger charge is 2.38. The summed E-state index contributed by atoms with van der Waals surface area (Å²) in [6.07, 6.45) is 5.45. The molecule has 2 saturated heterocycles. The molecule has 2 fully saturated rings. The molecule has 2 unspecified atom stereocenters. The van der Waals surface area contributed by atoms with E-state index >= 15 is 0 Å². The van der Waals surface area contributed by atoms with Crippen LogP contribution in [0.2, 0.25) is 0 Å². The standard InChI is InChI=1S/C52H56N6O12S/c1-31(2)37-13-9-11-15-39(37)47-35(19-23-45(61)53-25-27-55(33(5)59)41(29-53)51(63)69-7)17-21-43(49(47)57(65)66)71-44-22-18-36(48(50(44)58(67)68)40-16-12-10-14-38(40)32(3)4)20-24-46(62)54-26-28-56(34(6)60)42(30-54)52(64)70-8/h9-24,31-32,41-42H,25-30H2,1-8H3. The fourth-order valence-corrected chi connectivity index (χ4v) is 10.1. The summed E-state index contributed by atoms with van der Waals surface area (Å²) >= 11 is 0.837. The monoisotopic (exact) mass is 988 g/mol. The second-order valence-electron chi connectivity index (χ2n) is 17.6. The average molecular weight is 989 g/mol. The highest BCUT2D eigenvalue weighted by Crippen LogP contribution is 2.50. The first kappa shape index (κ1) is 52.7. The minimum atomic E-state index is -1.02. The van der Waals surface area contributed by atoms with Crippen LogP contribution in [-0.4, -0.2) is 131 Å². The molecule has 0 radical (unpaired) electrons. The molecule has 71 heavy (non-hydrogen) atoms. The first-order valence-corrected chi connectivity index (χ1v) is 23.7. The van der Waals surface area contributed by atoms with Crippen LogP contribution in [0.1, 0.15) is 75.6 Å². The molecular formula is C52H56N6O12S. The van der Waals surface area contributed by atoms with Crippen molar-refractivity contribution < 1.29 is 48.1 Å². The zero-order valence-corrected chi connectivity index (χ0v) is 41.6. The zero-order valence-electron chi connectivity index (χ0n) is 40.8. The summed E-state index contributed by atoms with van der Waals surface area (Å²) in [6.45, 7) is 10.6. The normalized spacial score (nSPS) is 16.2. The van der Waals surface area contributed by atoms with Gasteiger partial charge in [0.25, 0.3) is 11.4 Å². The van der Waals surface area contributed by atoms with Crippen molar-refractivity contribution in [3.8, 4) is 22.3 Å². The van der Waals surface area contributed by atoms with Crippen LogP contribution < -0.4 is 0 Å². The van der Waals surface area contributed by atoms with Crippen LogP contribution in [0.5, 0.6) is 0 Å². The lowest BCUT2D eigenvalue weighted by Crippen LogP contribution is -2.59. The van der Waals surface area contributed by atoms with Crippen LogP contribution in [0.4, 0.5) is 11.4 Å². The SMILES string of the molecule is COC(=O)C1CN(C(=O)C=Cc2ccc(Sc3ccc(C=CC(=O)N4CCN(C(C)=O)C(C(=O)OC)C4)c(-c4ccccc4C(C)C)c3[N+](=O)[O-])c([N+](=O)[O-])c2-c2ccccc2C(C)C)CCN1C(C)=O. The molecule has 0 N–H and O–H groups in total. The molecule has 2 aliphatic rings. The van der Waals surface area contributed by atoms with Crippen molar-refractivity contribution in [3.63, 3.8) is 0 Å². The van der Waals surface area contributed by atoms with Crippen molar-refractivity contribution >= 4 is 70.9 Å². The third kappa shape index (κ3) is 11.5. The van der Waals surface area contributed by atoms with Gasteiger partial charge in [0, 0.05) is 52.2 Å². The minimum absolute atomic E-state index is 0.0721. The van der Waals surface area contributed by atoms with Crippen molar-refractivity contribution in [1.82, 2.24) is 19.6 Å². The molecule has 0 saturated carbocycles. The summed E-state index contributed by atoms with van der Waals surface area (Å²) in [5.74, 6) is -3.28. The second kappa shape index (κ2) is 22.8. The number of nitrogens with zero attached hydrogens (tertiary/aromatic N) is 6. The molecule has 0 aromatic heterocycles. The Kier molecular flexibility index (Phi) is 16.9. The van der Waals surface area contributed by atoms with Gasteiger partial charge in [-0.05, 0) is 69.5 Å². The number of nitro groups is 2. The number of ether oxygens (including phenoxy) is 2. The third-order valence-electron chi connectivity index (χ3n) is 12.6. The fourth-order valence-electron chi connectivity index (χ4n) is 9.05. The molecule has 0 aliphatic carbocycles. The number of esters is 2. The topological polar surface area (TPSA) is 220 Å². The van der Waals surface area contributed by atoms with Crippen molar-refractivity contribution in [2.75, 3.05) is 53.5 Å². The molecule has 0 bridgehead atoms. The predicted molar refractivity (Wildman–Crippen MR) is 267 cm³/mol. The predicted octanol–water partition coefficient (Wildman–Crippen LogP) is 7.73. The van der Waals surface area contributed by atoms with E-state index < -0.39 is 45.7 Å². The van der Waals surface area contributed by atoms with Crippen LogP contribution in [0.3, 0.4) is 0 Å². The molecule has 372 valence electrons. The van der Waals surface area contributed by atoms with Crippen LogP contribution in [0.25, 0.3) is 34.4 Å². The molecule has 4 aromatic carbocycles. The second-order valence-corrected chi connectivity index (χ2v) is 18.7. The van der Waals surface area contributed by atoms with Gasteiger partial charge in [0.1, 0.15) is 12.1 Å². The molecule has 2 heterocycles. The highest BCUT2D eigenvalue weighted by molar-refractivity contribution is 7.99. The van der Waals surface area contributed by atoms with Gasteiger partial charge >= 0.3 is 11.9 Å². The molecule has 4 amide bonds. The van der Waals surface area contributed by atoms with Gasteiger partial charge < -0.3 is 29.1 Å². The van der Waals surface area contributed by atoms with Crippen molar-refractivity contribution in [3.05, 3.63) is 127 Å². The number of carbonyl (C=O) groups is 6. The van der Waals surface area contributed by atoms with Gasteiger partial charge in [0.2, 0.25) is 23.6 Å². The van der Waals surface area contributed by atoms with E-state index in [0.717, 1.165) is 22.9 Å². The molecule has 18 nitrogen and oxygen atoms in total. The molecule has 6 rings (SSSR count). The Morgan fingerprint density at radius 2 is 0.958 bits per heavy atom. The maximum Gasteiger partial charge on any atom is 0.330 e. The van der Waals surface area contributed by atoms with E-state index in [0.29, 0.717) is 22.3 Å². The lowest BCUT2D eigenvalue weighted by molar-refractivity contribution is -0.387. The Bertz CT molecular complexity index is 2650. The largest absolute Gasteiger partial charge is 0.467 e. The number of carbonyl (C=O) groups excluding carboxylic acids is 6. The number of amides is 4. The number of hydrogen-bond acceptors (Lipinski definition) is 13. The lowest BCUT2D eigenvalue weighted by atomic mass is 9.89. The fraction of sp³-hybridized carbons (Fsp3) is 0.346. The van der Waals surface area contributed by atoms with Crippen LogP contribution >= 0.6 is 11.8 Å². The molecule has 0 spiro atoms. The average Bonchev–Trinajstić information content (AvgIpc) is 3.35. The summed E-state index contributed by atoms with van der Waals surface area (Å²) in [4.78, 5) is 109. The Labute approximate surface area is 415 Å². The zero-order chi connectivity index (χ0) is 51.8. The Morgan fingerprint density at radius 3 is 1.28 bits per heavy atom. The summed E-state index contributed by atoms with van der Waals surface area (Å²) in [5, 5.41) is 27.0. The van der Waals surface area contributed by atoms with E-state index in [9.17, 15) is 49.0 Å². The van der Waals surface area contributed by atoms with Crippen LogP contribution in [-0.2, 0) is 38.2 Å². The Balaban J connectivity index is 1.48. The summed E-state index contributed by atoms with van der Waals surface area (Å²) in [5.41, 5.74) is 2.80. The number of piperazine rings is 2. The minimum Gasteiger partial charge on any atom is -0.467 e. The van der Waals surface area contributed by atoms with Crippen LogP contribution in [0.15, 0.2) is 94.7 Å². The lowest BCUT2D eigenvalue weighted by Gasteiger charge is -2.39. The number of benzene rings is 4. The van der Waals surface area contributed by atoms with E-state index in [4.69, 9.17) is 9.47 Å². The van der Waals surface area contributed by atoms with Gasteiger partial charge in [-0.15, -0.1) is 0 Å². The summed E-state index contributed by atoms with van der Waals surface area (Å²) < 4.78 is 9.82. The van der Waals surface area contributed by atoms with Gasteiger partial charge in [0.15, 0.2) is 0 Å². The molecule has 4 aromatic rings. The number of nitro benzene ring substituents is 2. The van der Waals surface area contributed by atoms with E-state index in [1.165, 1.54) is 84.1 Å². The first-order valence-electron chi connectivity index (χ1n) is 22.9. The van der Waals surface area contributed by atoms with Crippen molar-refractivity contribution in [2.45, 2.75) is 75.3 Å². The Morgan fingerprint density at radius 1 is 0.592 bits per heavy atom. The molecule has 2 aliphatic heterocycles. The maximum absolute atomic E-state index is 13.8. The van der Waals surface area contributed by atoms with Crippen molar-refractivity contribution in [1.29, 1.82) is 0 Å². The van der Waals surface area contributed by atoms with Gasteiger partial charge in [-0.3, -0.25) is 39.4 Å². The smallest absolute Gasteiger partial charge is 0.330 e. The molecule has 19 heteroatoms. The number of hydrogen-bond donors (Lipinski definition) is 0. The summed E-state index contributed by atoms with van der Waals surface area (Å²) in [6, 6.07) is 18.5. The molecular weight excluding hydrogens is 933 g/mol. The number of methoxy groups -OCH3 is 2. The third-order valence-corrected chi connectivity index (χ3v) is 13.7. The van der Waals surface area contributed by atoms with E-state index in [1.54, 1.807) is 36.4 Å².